The monoisotopic (exact) mass is 274 g/mol. The predicted octanol–water partition coefficient (Wildman–Crippen LogP) is 3.58. The summed E-state index contributed by atoms with van der Waals surface area (Å²) >= 11 is 0. The van der Waals surface area contributed by atoms with E-state index in [1.54, 1.807) is 0 Å². The van der Waals surface area contributed by atoms with E-state index in [4.69, 9.17) is 5.73 Å². The quantitative estimate of drug-likeness (QED) is 0.909. The summed E-state index contributed by atoms with van der Waals surface area (Å²) in [5, 5.41) is 0. The van der Waals surface area contributed by atoms with Gasteiger partial charge in [0.05, 0.1) is 0 Å². The summed E-state index contributed by atoms with van der Waals surface area (Å²) in [6.07, 6.45) is 2.46. The average molecular weight is 274 g/mol. The van der Waals surface area contributed by atoms with Gasteiger partial charge in [0.25, 0.3) is 0 Å². The van der Waals surface area contributed by atoms with Gasteiger partial charge in [-0.05, 0) is 43.7 Å². The van der Waals surface area contributed by atoms with Gasteiger partial charge < -0.3 is 5.73 Å². The normalized spacial score (nSPS) is 29.1. The Labute approximate surface area is 124 Å². The highest BCUT2D eigenvalue weighted by Crippen LogP contribution is 2.49. The molecule has 1 fully saturated rings. The Morgan fingerprint density at radius 3 is 2.55 bits per heavy atom. The molecule has 2 atom stereocenters. The lowest BCUT2D eigenvalue weighted by Crippen LogP contribution is -2.54. The molecule has 2 N–H and O–H groups in total. The molecule has 0 spiro atoms. The second kappa shape index (κ2) is 5.50. The number of benzene rings is 1. The van der Waals surface area contributed by atoms with Crippen LogP contribution in [0, 0.1) is 18.3 Å². The third-order valence-electron chi connectivity index (χ3n) is 5.18. The molecule has 2 rings (SSSR count). The van der Waals surface area contributed by atoms with E-state index in [0.717, 1.165) is 13.1 Å². The van der Waals surface area contributed by atoms with Gasteiger partial charge in [-0.25, -0.2) is 0 Å². The zero-order valence-corrected chi connectivity index (χ0v) is 13.7. The summed E-state index contributed by atoms with van der Waals surface area (Å²) < 4.78 is 0. The zero-order chi connectivity index (χ0) is 15.0. The number of hydrogen-bond donors (Lipinski definition) is 1. The first-order valence-corrected chi connectivity index (χ1v) is 7.76. The van der Waals surface area contributed by atoms with E-state index in [-0.39, 0.29) is 5.54 Å². The molecule has 2 unspecified atom stereocenters. The molecule has 20 heavy (non-hydrogen) atoms. The molecule has 0 saturated heterocycles. The number of nitrogens with zero attached hydrogens (tertiary/aromatic N) is 1. The maximum atomic E-state index is 6.22. The summed E-state index contributed by atoms with van der Waals surface area (Å²) in [6, 6.07) is 8.81. The molecule has 1 aromatic carbocycles. The maximum absolute atomic E-state index is 6.22. The molecule has 1 aliphatic rings. The van der Waals surface area contributed by atoms with Crippen LogP contribution in [-0.4, -0.2) is 24.0 Å². The molecule has 2 nitrogen and oxygen atoms in total. The van der Waals surface area contributed by atoms with E-state index >= 15 is 0 Å². The first kappa shape index (κ1) is 15.5. The Morgan fingerprint density at radius 2 is 2.05 bits per heavy atom. The first-order chi connectivity index (χ1) is 9.29. The highest BCUT2D eigenvalue weighted by Gasteiger charge is 2.49. The zero-order valence-electron chi connectivity index (χ0n) is 13.7. The van der Waals surface area contributed by atoms with Gasteiger partial charge in [0, 0.05) is 18.6 Å². The van der Waals surface area contributed by atoms with Crippen molar-refractivity contribution in [2.24, 2.45) is 17.1 Å². The van der Waals surface area contributed by atoms with Crippen molar-refractivity contribution in [3.63, 3.8) is 0 Å². The molecule has 0 bridgehead atoms. The van der Waals surface area contributed by atoms with Crippen molar-refractivity contribution in [1.82, 2.24) is 4.90 Å². The summed E-state index contributed by atoms with van der Waals surface area (Å²) in [5.74, 6) is 0.650. The molecule has 0 aliphatic heterocycles. The van der Waals surface area contributed by atoms with Crippen molar-refractivity contribution in [2.45, 2.75) is 52.6 Å². The largest absolute Gasteiger partial charge is 0.329 e. The van der Waals surface area contributed by atoms with Crippen LogP contribution in [-0.2, 0) is 6.54 Å². The number of likely N-dealkylation sites (N-methyl/N-ethyl adjacent to an activating group) is 1. The van der Waals surface area contributed by atoms with E-state index in [9.17, 15) is 0 Å². The second-order valence-corrected chi connectivity index (χ2v) is 7.60. The molecule has 0 amide bonds. The molecular formula is C18H30N2. The van der Waals surface area contributed by atoms with E-state index in [0.29, 0.717) is 11.3 Å². The minimum Gasteiger partial charge on any atom is -0.329 e. The Bertz CT molecular complexity index is 466. The third kappa shape index (κ3) is 2.91. The Balaban J connectivity index is 2.20. The summed E-state index contributed by atoms with van der Waals surface area (Å²) in [6.45, 7) is 11.0. The Morgan fingerprint density at radius 1 is 1.35 bits per heavy atom. The van der Waals surface area contributed by atoms with Gasteiger partial charge in [-0.1, -0.05) is 50.6 Å². The van der Waals surface area contributed by atoms with Crippen LogP contribution in [0.3, 0.4) is 0 Å². The van der Waals surface area contributed by atoms with Crippen molar-refractivity contribution in [3.05, 3.63) is 35.4 Å². The van der Waals surface area contributed by atoms with Crippen LogP contribution in [0.4, 0.5) is 0 Å². The smallest absolute Gasteiger partial charge is 0.0362 e. The highest BCUT2D eigenvalue weighted by atomic mass is 15.2. The number of hydrogen-bond acceptors (Lipinski definition) is 2. The Kier molecular flexibility index (Phi) is 4.27. The molecule has 0 heterocycles. The van der Waals surface area contributed by atoms with Crippen LogP contribution in [0.2, 0.25) is 0 Å². The van der Waals surface area contributed by atoms with Gasteiger partial charge >= 0.3 is 0 Å². The van der Waals surface area contributed by atoms with Gasteiger partial charge in [-0.2, -0.15) is 0 Å². The van der Waals surface area contributed by atoms with E-state index in [1.807, 2.05) is 0 Å². The van der Waals surface area contributed by atoms with E-state index in [1.165, 1.54) is 24.0 Å². The van der Waals surface area contributed by atoms with Gasteiger partial charge in [0.15, 0.2) is 0 Å². The first-order valence-electron chi connectivity index (χ1n) is 7.76. The van der Waals surface area contributed by atoms with Crippen molar-refractivity contribution < 1.29 is 0 Å². The SMILES string of the molecule is Cc1cccc(CN(C)C2(CN)CC(C)(C)CC2C)c1. The summed E-state index contributed by atoms with van der Waals surface area (Å²) in [7, 11) is 2.24. The minimum absolute atomic E-state index is 0.146. The molecule has 2 heteroatoms. The molecule has 112 valence electrons. The van der Waals surface area contributed by atoms with Crippen LogP contribution in [0.15, 0.2) is 24.3 Å². The lowest BCUT2D eigenvalue weighted by atomic mass is 9.84. The van der Waals surface area contributed by atoms with Crippen LogP contribution in [0.1, 0.15) is 44.7 Å². The molecular weight excluding hydrogens is 244 g/mol. The van der Waals surface area contributed by atoms with Gasteiger partial charge in [0.1, 0.15) is 0 Å². The molecule has 1 aromatic rings. The van der Waals surface area contributed by atoms with E-state index < -0.39 is 0 Å². The van der Waals surface area contributed by atoms with Crippen LogP contribution in [0.25, 0.3) is 0 Å². The second-order valence-electron chi connectivity index (χ2n) is 7.60. The Hall–Kier alpha value is -0.860. The number of rotatable bonds is 4. The lowest BCUT2D eigenvalue weighted by molar-refractivity contribution is 0.0786. The van der Waals surface area contributed by atoms with Crippen molar-refractivity contribution in [1.29, 1.82) is 0 Å². The van der Waals surface area contributed by atoms with Gasteiger partial charge in [-0.3, -0.25) is 4.90 Å². The van der Waals surface area contributed by atoms with Crippen LogP contribution >= 0.6 is 0 Å². The molecule has 1 aliphatic carbocycles. The standard InChI is InChI=1S/C18H30N2/c1-14-7-6-8-16(9-14)11-20(5)18(13-19)12-17(3,4)10-15(18)2/h6-9,15H,10-13,19H2,1-5H3. The molecule has 0 radical (unpaired) electrons. The van der Waals surface area contributed by atoms with Crippen molar-refractivity contribution >= 4 is 0 Å². The van der Waals surface area contributed by atoms with E-state index in [2.05, 4.69) is 63.9 Å². The van der Waals surface area contributed by atoms with Crippen LogP contribution in [0.5, 0.6) is 0 Å². The lowest BCUT2D eigenvalue weighted by Gasteiger charge is -2.42. The summed E-state index contributed by atoms with van der Waals surface area (Å²) in [5.41, 5.74) is 9.49. The number of nitrogens with two attached hydrogens (primary N) is 1. The molecule has 1 saturated carbocycles. The average Bonchev–Trinajstić information content (AvgIpc) is 2.59. The van der Waals surface area contributed by atoms with Crippen LogP contribution < -0.4 is 5.73 Å². The maximum Gasteiger partial charge on any atom is 0.0362 e. The minimum atomic E-state index is 0.146. The highest BCUT2D eigenvalue weighted by molar-refractivity contribution is 5.22. The predicted molar refractivity (Wildman–Crippen MR) is 86.6 cm³/mol. The molecule has 0 aromatic heterocycles. The van der Waals surface area contributed by atoms with Gasteiger partial charge in [-0.15, -0.1) is 0 Å². The van der Waals surface area contributed by atoms with Crippen molar-refractivity contribution in [2.75, 3.05) is 13.6 Å². The van der Waals surface area contributed by atoms with Crippen molar-refractivity contribution in [3.8, 4) is 0 Å². The van der Waals surface area contributed by atoms with Gasteiger partial charge in [0.2, 0.25) is 0 Å². The summed E-state index contributed by atoms with van der Waals surface area (Å²) in [4.78, 5) is 2.50. The number of aryl methyl sites for hydroxylation is 1. The third-order valence-corrected chi connectivity index (χ3v) is 5.18. The fraction of sp³-hybridized carbons (Fsp3) is 0.667. The fourth-order valence-corrected chi connectivity index (χ4v) is 4.28. The topological polar surface area (TPSA) is 29.3 Å². The fourth-order valence-electron chi connectivity index (χ4n) is 4.28.